The van der Waals surface area contributed by atoms with Crippen molar-refractivity contribution in [3.05, 3.63) is 96.1 Å². The van der Waals surface area contributed by atoms with Crippen LogP contribution in [0.1, 0.15) is 23.7 Å². The van der Waals surface area contributed by atoms with Gasteiger partial charge in [-0.3, -0.25) is 10.1 Å². The van der Waals surface area contributed by atoms with Crippen molar-refractivity contribution < 1.29 is 14.7 Å². The maximum absolute atomic E-state index is 12.7. The topological polar surface area (TPSA) is 78.4 Å². The Labute approximate surface area is 169 Å². The maximum Gasteiger partial charge on any atom is 0.322 e. The van der Waals surface area contributed by atoms with Gasteiger partial charge in [-0.05, 0) is 35.1 Å². The average molecular weight is 386 g/mol. The molecule has 3 amide bonds. The lowest BCUT2D eigenvalue weighted by Gasteiger charge is -2.31. The number of hydrogen-bond acceptors (Lipinski definition) is 3. The highest BCUT2D eigenvalue weighted by atomic mass is 16.3. The van der Waals surface area contributed by atoms with Gasteiger partial charge in [0.2, 0.25) is 0 Å². The zero-order valence-corrected chi connectivity index (χ0v) is 15.8. The number of amides is 3. The molecule has 1 aliphatic heterocycles. The number of imide groups is 1. The van der Waals surface area contributed by atoms with E-state index in [-0.39, 0.29) is 6.42 Å². The van der Waals surface area contributed by atoms with Crippen LogP contribution in [0.5, 0.6) is 0 Å². The lowest BCUT2D eigenvalue weighted by Crippen LogP contribution is -2.52. The molecular weight excluding hydrogens is 364 g/mol. The van der Waals surface area contributed by atoms with Gasteiger partial charge in [0, 0.05) is 0 Å². The van der Waals surface area contributed by atoms with Crippen LogP contribution in [-0.2, 0) is 11.2 Å². The summed E-state index contributed by atoms with van der Waals surface area (Å²) >= 11 is 0. The number of carbonyl (C=O) groups excluding carboxylic acids is 2. The van der Waals surface area contributed by atoms with Gasteiger partial charge in [0.1, 0.15) is 6.10 Å². The van der Waals surface area contributed by atoms with Crippen LogP contribution < -0.4 is 10.6 Å². The molecule has 1 heterocycles. The lowest BCUT2D eigenvalue weighted by molar-refractivity contribution is -0.128. The summed E-state index contributed by atoms with van der Waals surface area (Å²) in [6.07, 6.45) is -0.327. The normalized spacial score (nSPS) is 19.5. The molecule has 0 aliphatic carbocycles. The molecule has 0 spiro atoms. The molecule has 146 valence electrons. The van der Waals surface area contributed by atoms with Gasteiger partial charge in [0.15, 0.2) is 5.54 Å². The Bertz CT molecular complexity index is 1000. The predicted octanol–water partition coefficient (Wildman–Crippen LogP) is 3.60. The van der Waals surface area contributed by atoms with Crippen LogP contribution in [0.2, 0.25) is 0 Å². The second-order valence-electron chi connectivity index (χ2n) is 7.26. The standard InChI is InChI=1S/C24H22N2O3/c27-21(20-13-11-19(12-14-20)18-9-5-2-6-10-18)24(22(28)25-23(29)26-24)16-15-17-7-3-1-4-8-17/h1-14,21,27H,15-16H2,(H2,25,26,28,29). The SMILES string of the molecule is O=C1NC(=O)C(CCc2ccccc2)(C(O)c2ccc(-c3ccccc3)cc2)N1. The van der Waals surface area contributed by atoms with E-state index in [0.717, 1.165) is 16.7 Å². The van der Waals surface area contributed by atoms with Gasteiger partial charge in [-0.1, -0.05) is 84.9 Å². The van der Waals surface area contributed by atoms with Crippen molar-refractivity contribution in [3.8, 4) is 11.1 Å². The van der Waals surface area contributed by atoms with Gasteiger partial charge < -0.3 is 10.4 Å². The lowest BCUT2D eigenvalue weighted by atomic mass is 9.82. The Morgan fingerprint density at radius 1 is 0.793 bits per heavy atom. The molecule has 5 nitrogen and oxygen atoms in total. The van der Waals surface area contributed by atoms with Crippen LogP contribution in [0.4, 0.5) is 4.79 Å². The maximum atomic E-state index is 12.7. The van der Waals surface area contributed by atoms with Crippen LogP contribution in [-0.4, -0.2) is 22.6 Å². The number of nitrogens with one attached hydrogen (secondary N) is 2. The summed E-state index contributed by atoms with van der Waals surface area (Å²) in [5.74, 6) is -0.502. The molecule has 3 aromatic rings. The van der Waals surface area contributed by atoms with Crippen molar-refractivity contribution >= 4 is 11.9 Å². The third-order valence-electron chi connectivity index (χ3n) is 5.42. The molecule has 3 N–H and O–H groups in total. The number of urea groups is 1. The number of aliphatic hydroxyl groups is 1. The molecule has 4 rings (SSSR count). The third kappa shape index (κ3) is 3.77. The van der Waals surface area contributed by atoms with Crippen molar-refractivity contribution in [3.63, 3.8) is 0 Å². The summed E-state index contributed by atoms with van der Waals surface area (Å²) in [6.45, 7) is 0. The summed E-state index contributed by atoms with van der Waals surface area (Å²) in [5.41, 5.74) is 2.29. The van der Waals surface area contributed by atoms with Gasteiger partial charge in [-0.15, -0.1) is 0 Å². The first-order valence-electron chi connectivity index (χ1n) is 9.59. The quantitative estimate of drug-likeness (QED) is 0.567. The van der Waals surface area contributed by atoms with E-state index in [1.54, 1.807) is 12.1 Å². The monoisotopic (exact) mass is 386 g/mol. The molecule has 0 saturated carbocycles. The number of hydrogen-bond donors (Lipinski definition) is 3. The van der Waals surface area contributed by atoms with Gasteiger partial charge in [0.25, 0.3) is 5.91 Å². The van der Waals surface area contributed by atoms with Crippen LogP contribution >= 0.6 is 0 Å². The first kappa shape index (κ1) is 18.9. The Kier molecular flexibility index (Phi) is 5.14. The molecule has 2 atom stereocenters. The van der Waals surface area contributed by atoms with E-state index in [1.165, 1.54) is 0 Å². The molecule has 0 radical (unpaired) electrons. The van der Waals surface area contributed by atoms with Crippen LogP contribution in [0.15, 0.2) is 84.9 Å². The van der Waals surface area contributed by atoms with Crippen molar-refractivity contribution in [2.24, 2.45) is 0 Å². The van der Waals surface area contributed by atoms with Crippen molar-refractivity contribution in [2.45, 2.75) is 24.5 Å². The second kappa shape index (κ2) is 7.89. The van der Waals surface area contributed by atoms with Crippen LogP contribution in [0.25, 0.3) is 11.1 Å². The summed E-state index contributed by atoms with van der Waals surface area (Å²) in [7, 11) is 0. The first-order chi connectivity index (χ1) is 14.1. The van der Waals surface area contributed by atoms with Crippen LogP contribution in [0.3, 0.4) is 0 Å². The fraction of sp³-hybridized carbons (Fsp3) is 0.167. The average Bonchev–Trinajstić information content (AvgIpc) is 3.07. The largest absolute Gasteiger partial charge is 0.385 e. The fourth-order valence-corrected chi connectivity index (χ4v) is 3.77. The van der Waals surface area contributed by atoms with Gasteiger partial charge in [0.05, 0.1) is 0 Å². The van der Waals surface area contributed by atoms with E-state index in [9.17, 15) is 14.7 Å². The molecule has 0 bridgehead atoms. The number of rotatable bonds is 6. The molecule has 1 aliphatic rings. The Balaban J connectivity index is 1.60. The van der Waals surface area contributed by atoms with Gasteiger partial charge >= 0.3 is 6.03 Å². The highest BCUT2D eigenvalue weighted by Gasteiger charge is 2.51. The minimum Gasteiger partial charge on any atom is -0.385 e. The fourth-order valence-electron chi connectivity index (χ4n) is 3.77. The van der Waals surface area contributed by atoms with E-state index < -0.39 is 23.6 Å². The molecule has 2 unspecified atom stereocenters. The summed E-state index contributed by atoms with van der Waals surface area (Å²) in [4.78, 5) is 24.6. The zero-order chi connectivity index (χ0) is 20.3. The Morgan fingerprint density at radius 3 is 1.97 bits per heavy atom. The number of aryl methyl sites for hydroxylation is 1. The van der Waals surface area contributed by atoms with Crippen molar-refractivity contribution in [1.82, 2.24) is 10.6 Å². The van der Waals surface area contributed by atoms with E-state index in [0.29, 0.717) is 12.0 Å². The summed E-state index contributed by atoms with van der Waals surface area (Å²) in [5, 5.41) is 16.1. The third-order valence-corrected chi connectivity index (χ3v) is 5.42. The predicted molar refractivity (Wildman–Crippen MR) is 111 cm³/mol. The molecule has 3 aromatic carbocycles. The first-order valence-corrected chi connectivity index (χ1v) is 9.59. The number of aliphatic hydroxyl groups excluding tert-OH is 1. The summed E-state index contributed by atoms with van der Waals surface area (Å²) in [6, 6.07) is 26.5. The van der Waals surface area contributed by atoms with Crippen molar-refractivity contribution in [2.75, 3.05) is 0 Å². The highest BCUT2D eigenvalue weighted by Crippen LogP contribution is 2.34. The van der Waals surface area contributed by atoms with Crippen molar-refractivity contribution in [1.29, 1.82) is 0 Å². The zero-order valence-electron chi connectivity index (χ0n) is 15.8. The van der Waals surface area contributed by atoms with Gasteiger partial charge in [-0.2, -0.15) is 0 Å². The molecule has 0 aromatic heterocycles. The number of benzene rings is 3. The minimum atomic E-state index is -1.40. The smallest absolute Gasteiger partial charge is 0.322 e. The van der Waals surface area contributed by atoms with E-state index in [1.807, 2.05) is 72.8 Å². The summed E-state index contributed by atoms with van der Waals surface area (Å²) < 4.78 is 0. The number of carbonyl (C=O) groups is 2. The highest BCUT2D eigenvalue weighted by molar-refractivity contribution is 6.07. The minimum absolute atomic E-state index is 0.288. The van der Waals surface area contributed by atoms with Crippen LogP contribution in [0, 0.1) is 0 Å². The second-order valence-corrected chi connectivity index (χ2v) is 7.26. The Hall–Kier alpha value is -3.44. The molecule has 29 heavy (non-hydrogen) atoms. The Morgan fingerprint density at radius 2 is 1.38 bits per heavy atom. The molecule has 1 fully saturated rings. The molecule has 5 heteroatoms. The van der Waals surface area contributed by atoms with Gasteiger partial charge in [-0.25, -0.2) is 4.79 Å². The van der Waals surface area contributed by atoms with E-state index >= 15 is 0 Å². The van der Waals surface area contributed by atoms with E-state index in [4.69, 9.17) is 0 Å². The molecular formula is C24H22N2O3. The molecule has 1 saturated heterocycles. The van der Waals surface area contributed by atoms with E-state index in [2.05, 4.69) is 10.6 Å².